The van der Waals surface area contributed by atoms with Crippen LogP contribution >= 0.6 is 11.8 Å². The van der Waals surface area contributed by atoms with Gasteiger partial charge in [-0.3, -0.25) is 9.59 Å². The molecule has 0 amide bonds. The third-order valence-electron chi connectivity index (χ3n) is 4.69. The molecule has 1 fully saturated rings. The molecule has 0 aromatic heterocycles. The second-order valence-electron chi connectivity index (χ2n) is 6.83. The number of carbonyl (C=O) groups is 2. The number of rotatable bonds is 6. The van der Waals surface area contributed by atoms with Crippen molar-refractivity contribution in [3.63, 3.8) is 0 Å². The molecule has 1 saturated heterocycles. The number of hydrogen-bond donors (Lipinski definition) is 0. The first kappa shape index (κ1) is 18.7. The number of ketones is 1. The van der Waals surface area contributed by atoms with E-state index in [0.29, 0.717) is 6.42 Å². The Morgan fingerprint density at radius 1 is 1.08 bits per heavy atom. The molecule has 4 heteroatoms. The summed E-state index contributed by atoms with van der Waals surface area (Å²) in [5, 5.41) is 0. The summed E-state index contributed by atoms with van der Waals surface area (Å²) in [6, 6.07) is 16.0. The van der Waals surface area contributed by atoms with Gasteiger partial charge in [-0.1, -0.05) is 42.0 Å². The Kier molecular flexibility index (Phi) is 6.15. The number of esters is 1. The number of thioether (sulfide) groups is 1. The molecule has 0 spiro atoms. The van der Waals surface area contributed by atoms with Crippen molar-refractivity contribution < 1.29 is 14.3 Å². The first-order valence-corrected chi connectivity index (χ1v) is 10.0. The van der Waals surface area contributed by atoms with Crippen LogP contribution in [-0.4, -0.2) is 23.6 Å². The zero-order valence-corrected chi connectivity index (χ0v) is 16.1. The minimum atomic E-state index is -0.759. The Morgan fingerprint density at radius 2 is 1.85 bits per heavy atom. The predicted octanol–water partition coefficient (Wildman–Crippen LogP) is 4.84. The van der Waals surface area contributed by atoms with E-state index >= 15 is 0 Å². The molecular weight excluding hydrogens is 344 g/mol. The predicted molar refractivity (Wildman–Crippen MR) is 105 cm³/mol. The Bertz CT molecular complexity index is 767. The molecule has 1 aliphatic heterocycles. The van der Waals surface area contributed by atoms with E-state index in [2.05, 4.69) is 12.1 Å². The van der Waals surface area contributed by atoms with Crippen LogP contribution < -0.4 is 0 Å². The number of benzene rings is 2. The van der Waals surface area contributed by atoms with Gasteiger partial charge < -0.3 is 4.74 Å². The van der Waals surface area contributed by atoms with E-state index in [1.54, 1.807) is 11.8 Å². The van der Waals surface area contributed by atoms with Crippen LogP contribution in [0.15, 0.2) is 53.4 Å². The SMILES string of the molecule is Cc1ccc(C2C(=O)CC(CCCSc3ccccc3)OC2=O)c(C)c1. The highest BCUT2D eigenvalue weighted by Gasteiger charge is 2.38. The summed E-state index contributed by atoms with van der Waals surface area (Å²) in [6.45, 7) is 3.94. The molecular formula is C22H24O3S. The van der Waals surface area contributed by atoms with Crippen LogP contribution in [0.3, 0.4) is 0 Å². The quantitative estimate of drug-likeness (QED) is 0.317. The number of aryl methyl sites for hydroxylation is 2. The molecule has 1 heterocycles. The van der Waals surface area contributed by atoms with E-state index in [4.69, 9.17) is 4.74 Å². The normalized spacial score (nSPS) is 20.1. The van der Waals surface area contributed by atoms with E-state index < -0.39 is 11.9 Å². The van der Waals surface area contributed by atoms with Crippen LogP contribution in [0.1, 0.15) is 41.9 Å². The van der Waals surface area contributed by atoms with Crippen LogP contribution in [0.25, 0.3) is 0 Å². The number of Topliss-reactive ketones (excluding diaryl/α,β-unsaturated/α-hetero) is 1. The number of cyclic esters (lactones) is 1. The molecule has 1 aliphatic rings. The minimum Gasteiger partial charge on any atom is -0.461 e. The molecule has 2 atom stereocenters. The largest absolute Gasteiger partial charge is 0.461 e. The molecule has 2 aromatic rings. The molecule has 3 rings (SSSR count). The zero-order chi connectivity index (χ0) is 18.5. The topological polar surface area (TPSA) is 43.4 Å². The lowest BCUT2D eigenvalue weighted by Gasteiger charge is -2.28. The zero-order valence-electron chi connectivity index (χ0n) is 15.2. The number of ether oxygens (including phenoxy) is 1. The summed E-state index contributed by atoms with van der Waals surface area (Å²) < 4.78 is 5.59. The summed E-state index contributed by atoms with van der Waals surface area (Å²) >= 11 is 1.79. The van der Waals surface area contributed by atoms with Gasteiger partial charge >= 0.3 is 5.97 Å². The van der Waals surface area contributed by atoms with Crippen molar-refractivity contribution in [2.75, 3.05) is 5.75 Å². The van der Waals surface area contributed by atoms with E-state index in [0.717, 1.165) is 35.3 Å². The highest BCUT2D eigenvalue weighted by atomic mass is 32.2. The molecule has 2 aromatic carbocycles. The second-order valence-corrected chi connectivity index (χ2v) is 7.99. The summed E-state index contributed by atoms with van der Waals surface area (Å²) in [7, 11) is 0. The molecule has 0 saturated carbocycles. The third-order valence-corrected chi connectivity index (χ3v) is 5.79. The van der Waals surface area contributed by atoms with Crippen molar-refractivity contribution in [1.29, 1.82) is 0 Å². The van der Waals surface area contributed by atoms with Crippen LogP contribution in [0.2, 0.25) is 0 Å². The van der Waals surface area contributed by atoms with Gasteiger partial charge in [-0.2, -0.15) is 0 Å². The summed E-state index contributed by atoms with van der Waals surface area (Å²) in [5.74, 6) is -0.222. The van der Waals surface area contributed by atoms with Crippen LogP contribution in [0, 0.1) is 13.8 Å². The smallest absolute Gasteiger partial charge is 0.321 e. The molecule has 26 heavy (non-hydrogen) atoms. The molecule has 0 aliphatic carbocycles. The first-order chi connectivity index (χ1) is 12.5. The molecule has 136 valence electrons. The maximum atomic E-state index is 12.6. The fourth-order valence-corrected chi connectivity index (χ4v) is 4.27. The van der Waals surface area contributed by atoms with Crippen molar-refractivity contribution in [2.45, 2.75) is 50.0 Å². The molecule has 3 nitrogen and oxygen atoms in total. The highest BCUT2D eigenvalue weighted by Crippen LogP contribution is 2.31. The van der Waals surface area contributed by atoms with Gasteiger partial charge in [-0.25, -0.2) is 0 Å². The van der Waals surface area contributed by atoms with Gasteiger partial charge in [0, 0.05) is 11.3 Å². The summed E-state index contributed by atoms with van der Waals surface area (Å²) in [5.41, 5.74) is 2.87. The molecule has 2 unspecified atom stereocenters. The van der Waals surface area contributed by atoms with Gasteiger partial charge in [-0.15, -0.1) is 11.8 Å². The lowest BCUT2D eigenvalue weighted by atomic mass is 9.86. The lowest BCUT2D eigenvalue weighted by Crippen LogP contribution is -2.37. The molecule has 0 radical (unpaired) electrons. The van der Waals surface area contributed by atoms with Gasteiger partial charge in [0.1, 0.15) is 12.0 Å². The summed E-state index contributed by atoms with van der Waals surface area (Å²) in [4.78, 5) is 26.3. The highest BCUT2D eigenvalue weighted by molar-refractivity contribution is 7.99. The second kappa shape index (κ2) is 8.54. The standard InChI is InChI=1S/C22H24O3S/c1-15-10-11-19(16(2)13-15)21-20(23)14-17(25-22(21)24)7-6-12-26-18-8-4-3-5-9-18/h3-5,8-11,13,17,21H,6-7,12,14H2,1-2H3. The van der Waals surface area contributed by atoms with E-state index in [1.807, 2.05) is 50.2 Å². The fourth-order valence-electron chi connectivity index (χ4n) is 3.38. The van der Waals surface area contributed by atoms with Gasteiger partial charge in [0.05, 0.1) is 0 Å². The van der Waals surface area contributed by atoms with Crippen molar-refractivity contribution in [2.24, 2.45) is 0 Å². The average molecular weight is 368 g/mol. The average Bonchev–Trinajstić information content (AvgIpc) is 2.61. The van der Waals surface area contributed by atoms with Gasteiger partial charge in [0.15, 0.2) is 5.78 Å². The Balaban J connectivity index is 1.53. The van der Waals surface area contributed by atoms with Gasteiger partial charge in [-0.05, 0) is 55.7 Å². The third kappa shape index (κ3) is 4.55. The monoisotopic (exact) mass is 368 g/mol. The Hall–Kier alpha value is -2.07. The van der Waals surface area contributed by atoms with Crippen molar-refractivity contribution >= 4 is 23.5 Å². The fraction of sp³-hybridized carbons (Fsp3) is 0.364. The number of hydrogen-bond acceptors (Lipinski definition) is 4. The van der Waals surface area contributed by atoms with Crippen molar-refractivity contribution in [3.8, 4) is 0 Å². The first-order valence-electron chi connectivity index (χ1n) is 9.03. The molecule has 0 N–H and O–H groups in total. The lowest BCUT2D eigenvalue weighted by molar-refractivity contribution is -0.160. The van der Waals surface area contributed by atoms with Gasteiger partial charge in [0.25, 0.3) is 0 Å². The summed E-state index contributed by atoms with van der Waals surface area (Å²) in [6.07, 6.45) is 1.68. The van der Waals surface area contributed by atoms with Crippen molar-refractivity contribution in [1.82, 2.24) is 0 Å². The van der Waals surface area contributed by atoms with E-state index in [1.165, 1.54) is 4.90 Å². The maximum Gasteiger partial charge on any atom is 0.321 e. The van der Waals surface area contributed by atoms with Crippen molar-refractivity contribution in [3.05, 3.63) is 65.2 Å². The molecule has 0 bridgehead atoms. The Labute approximate surface area is 159 Å². The van der Waals surface area contributed by atoms with E-state index in [9.17, 15) is 9.59 Å². The Morgan fingerprint density at radius 3 is 2.54 bits per heavy atom. The maximum absolute atomic E-state index is 12.6. The number of carbonyl (C=O) groups excluding carboxylic acids is 2. The van der Waals surface area contributed by atoms with Crippen LogP contribution in [0.5, 0.6) is 0 Å². The van der Waals surface area contributed by atoms with Crippen LogP contribution in [-0.2, 0) is 14.3 Å². The van der Waals surface area contributed by atoms with Gasteiger partial charge in [0.2, 0.25) is 0 Å². The van der Waals surface area contributed by atoms with Crippen LogP contribution in [0.4, 0.5) is 0 Å². The minimum absolute atomic E-state index is 0.0195. The van der Waals surface area contributed by atoms with E-state index in [-0.39, 0.29) is 11.9 Å².